The molecule has 1 aromatic heterocycles. The molecule has 5 rings (SSSR count). The fourth-order valence-electron chi connectivity index (χ4n) is 4.72. The van der Waals surface area contributed by atoms with E-state index in [0.29, 0.717) is 5.69 Å². The van der Waals surface area contributed by atoms with Crippen molar-refractivity contribution < 1.29 is 24.2 Å². The first-order valence-corrected chi connectivity index (χ1v) is 11.6. The Kier molecular flexibility index (Phi) is 6.18. The maximum Gasteiger partial charge on any atom is 0.411 e. The van der Waals surface area contributed by atoms with E-state index in [1.54, 1.807) is 0 Å². The molecule has 2 aliphatic carbocycles. The van der Waals surface area contributed by atoms with Crippen molar-refractivity contribution in [2.24, 2.45) is 5.92 Å². The predicted octanol–water partition coefficient (Wildman–Crippen LogP) is 4.43. The number of rotatable bonds is 7. The number of amides is 2. The summed E-state index contributed by atoms with van der Waals surface area (Å²) in [7, 11) is 0. The van der Waals surface area contributed by atoms with E-state index in [4.69, 9.17) is 4.74 Å². The first kappa shape index (κ1) is 22.6. The molecule has 35 heavy (non-hydrogen) atoms. The fraction of sp³-hybridized carbons (Fsp3) is 0.259. The second kappa shape index (κ2) is 9.58. The Hall–Kier alpha value is -4.20. The number of benzene rings is 2. The quantitative estimate of drug-likeness (QED) is 0.469. The lowest BCUT2D eigenvalue weighted by Gasteiger charge is -2.31. The molecule has 0 spiro atoms. The number of carbonyl (C=O) groups is 3. The van der Waals surface area contributed by atoms with Gasteiger partial charge in [-0.3, -0.25) is 10.1 Å². The minimum absolute atomic E-state index is 0.0461. The van der Waals surface area contributed by atoms with E-state index in [9.17, 15) is 19.5 Å². The van der Waals surface area contributed by atoms with E-state index < -0.39 is 24.0 Å². The molecule has 0 saturated heterocycles. The Morgan fingerprint density at radius 2 is 1.63 bits per heavy atom. The molecule has 3 N–H and O–H groups in total. The van der Waals surface area contributed by atoms with Crippen LogP contribution in [0.3, 0.4) is 0 Å². The number of pyridine rings is 1. The number of hydrogen-bond acceptors (Lipinski definition) is 5. The van der Waals surface area contributed by atoms with E-state index >= 15 is 0 Å². The zero-order chi connectivity index (χ0) is 24.4. The summed E-state index contributed by atoms with van der Waals surface area (Å²) in [6.45, 7) is 0.186. The van der Waals surface area contributed by atoms with Crippen molar-refractivity contribution >= 4 is 23.7 Å². The van der Waals surface area contributed by atoms with Crippen molar-refractivity contribution in [3.63, 3.8) is 0 Å². The number of carboxylic acids is 1. The summed E-state index contributed by atoms with van der Waals surface area (Å²) in [5.74, 6) is -1.70. The van der Waals surface area contributed by atoms with Gasteiger partial charge in [-0.15, -0.1) is 0 Å². The van der Waals surface area contributed by atoms with Crippen molar-refractivity contribution in [2.75, 3.05) is 11.9 Å². The lowest BCUT2D eigenvalue weighted by atomic mass is 9.79. The smallest absolute Gasteiger partial charge is 0.411 e. The molecule has 8 nitrogen and oxygen atoms in total. The van der Waals surface area contributed by atoms with Crippen molar-refractivity contribution in [2.45, 2.75) is 31.2 Å². The molecule has 8 heteroatoms. The van der Waals surface area contributed by atoms with Gasteiger partial charge in [0, 0.05) is 5.92 Å². The van der Waals surface area contributed by atoms with Crippen LogP contribution in [0.5, 0.6) is 0 Å². The highest BCUT2D eigenvalue weighted by Gasteiger charge is 2.34. The van der Waals surface area contributed by atoms with Crippen LogP contribution in [0.1, 0.15) is 46.8 Å². The Bertz CT molecular complexity index is 1220. The normalized spacial score (nSPS) is 15.3. The van der Waals surface area contributed by atoms with Gasteiger partial charge in [0.1, 0.15) is 18.3 Å². The van der Waals surface area contributed by atoms with Crippen LogP contribution in [0.2, 0.25) is 0 Å². The van der Waals surface area contributed by atoms with Crippen LogP contribution in [0.4, 0.5) is 10.5 Å². The van der Waals surface area contributed by atoms with Gasteiger partial charge in [-0.1, -0.05) is 55.0 Å². The topological polar surface area (TPSA) is 118 Å². The number of hydrogen-bond donors (Lipinski definition) is 3. The summed E-state index contributed by atoms with van der Waals surface area (Å²) in [4.78, 5) is 40.4. The van der Waals surface area contributed by atoms with Gasteiger partial charge in [-0.05, 0) is 53.1 Å². The number of carboxylic acid groups (broad SMARTS) is 1. The van der Waals surface area contributed by atoms with Crippen LogP contribution in [0.15, 0.2) is 66.9 Å². The molecule has 178 valence electrons. The second-order valence-corrected chi connectivity index (χ2v) is 8.86. The number of anilines is 1. The first-order chi connectivity index (χ1) is 17.0. The molecule has 0 bridgehead atoms. The van der Waals surface area contributed by atoms with Gasteiger partial charge in [-0.2, -0.15) is 0 Å². The maximum atomic E-state index is 12.4. The molecule has 1 saturated carbocycles. The maximum absolute atomic E-state index is 12.4. The third kappa shape index (κ3) is 4.59. The average molecular weight is 472 g/mol. The van der Waals surface area contributed by atoms with E-state index in [1.165, 1.54) is 18.3 Å². The molecule has 0 aliphatic heterocycles. The molecule has 3 aromatic rings. The summed E-state index contributed by atoms with van der Waals surface area (Å²) in [5.41, 5.74) is 5.00. The van der Waals surface area contributed by atoms with Gasteiger partial charge in [0.05, 0.1) is 11.9 Å². The Morgan fingerprint density at radius 3 is 2.17 bits per heavy atom. The molecule has 0 radical (unpaired) electrons. The molecule has 1 unspecified atom stereocenters. The molecule has 2 amide bonds. The number of fused-ring (bicyclic) bond motifs is 3. The monoisotopic (exact) mass is 471 g/mol. The number of aliphatic carboxylic acids is 1. The minimum Gasteiger partial charge on any atom is -0.480 e. The summed E-state index contributed by atoms with van der Waals surface area (Å²) in [5, 5.41) is 14.6. The van der Waals surface area contributed by atoms with Gasteiger partial charge >= 0.3 is 12.1 Å². The SMILES string of the molecule is O=C(Nc1ccc(C(=O)NC(C(=O)O)C2CCC2)nc1)OCC1c2ccccc2-c2ccccc21. The fourth-order valence-corrected chi connectivity index (χ4v) is 4.72. The molecular weight excluding hydrogens is 446 g/mol. The predicted molar refractivity (Wildman–Crippen MR) is 129 cm³/mol. The van der Waals surface area contributed by atoms with Crippen LogP contribution in [0.25, 0.3) is 11.1 Å². The van der Waals surface area contributed by atoms with E-state index in [1.807, 2.05) is 24.3 Å². The number of nitrogens with zero attached hydrogens (tertiary/aromatic N) is 1. The summed E-state index contributed by atoms with van der Waals surface area (Å²) in [6, 6.07) is 18.2. The summed E-state index contributed by atoms with van der Waals surface area (Å²) >= 11 is 0. The number of aromatic nitrogens is 1. The van der Waals surface area contributed by atoms with Gasteiger partial charge in [-0.25, -0.2) is 14.6 Å². The van der Waals surface area contributed by atoms with Crippen LogP contribution < -0.4 is 10.6 Å². The van der Waals surface area contributed by atoms with Crippen molar-refractivity contribution in [3.05, 3.63) is 83.7 Å². The average Bonchev–Trinajstić information content (AvgIpc) is 3.15. The highest BCUT2D eigenvalue weighted by Crippen LogP contribution is 2.44. The summed E-state index contributed by atoms with van der Waals surface area (Å²) in [6.07, 6.45) is 3.26. The molecular formula is C27H25N3O5. The third-order valence-electron chi connectivity index (χ3n) is 6.76. The van der Waals surface area contributed by atoms with Crippen molar-refractivity contribution in [3.8, 4) is 11.1 Å². The zero-order valence-corrected chi connectivity index (χ0v) is 18.9. The van der Waals surface area contributed by atoms with Crippen molar-refractivity contribution in [1.29, 1.82) is 0 Å². The zero-order valence-electron chi connectivity index (χ0n) is 18.9. The highest BCUT2D eigenvalue weighted by molar-refractivity contribution is 5.95. The standard InChI is InChI=1S/C27H25N3O5/c31-25(30-24(26(32)33)16-6-5-7-16)23-13-12-17(14-28-23)29-27(34)35-15-22-20-10-3-1-8-18(20)19-9-2-4-11-21(19)22/h1-4,8-14,16,22,24H,5-7,15H2,(H,29,34)(H,30,31)(H,32,33). The first-order valence-electron chi connectivity index (χ1n) is 11.6. The Balaban J connectivity index is 1.18. The van der Waals surface area contributed by atoms with Gasteiger partial charge in [0.25, 0.3) is 5.91 Å². The van der Waals surface area contributed by atoms with Crippen LogP contribution >= 0.6 is 0 Å². The van der Waals surface area contributed by atoms with E-state index in [0.717, 1.165) is 41.5 Å². The number of carbonyl (C=O) groups excluding carboxylic acids is 2. The van der Waals surface area contributed by atoms with Gasteiger partial charge in [0.15, 0.2) is 0 Å². The third-order valence-corrected chi connectivity index (χ3v) is 6.76. The van der Waals surface area contributed by atoms with Crippen LogP contribution in [-0.4, -0.2) is 40.7 Å². The minimum atomic E-state index is -1.04. The Labute approximate surface area is 202 Å². The second-order valence-electron chi connectivity index (χ2n) is 8.86. The lowest BCUT2D eigenvalue weighted by Crippen LogP contribution is -2.48. The largest absolute Gasteiger partial charge is 0.480 e. The molecule has 2 aliphatic rings. The molecule has 1 heterocycles. The molecule has 1 atom stereocenters. The van der Waals surface area contributed by atoms with Crippen LogP contribution in [-0.2, 0) is 9.53 Å². The molecule has 2 aromatic carbocycles. The van der Waals surface area contributed by atoms with Gasteiger partial charge < -0.3 is 15.2 Å². The van der Waals surface area contributed by atoms with E-state index in [2.05, 4.69) is 39.9 Å². The Morgan fingerprint density at radius 1 is 0.971 bits per heavy atom. The van der Waals surface area contributed by atoms with Gasteiger partial charge in [0.2, 0.25) is 0 Å². The van der Waals surface area contributed by atoms with Crippen LogP contribution in [0, 0.1) is 5.92 Å². The van der Waals surface area contributed by atoms with Crippen molar-refractivity contribution in [1.82, 2.24) is 10.3 Å². The summed E-state index contributed by atoms with van der Waals surface area (Å²) < 4.78 is 5.52. The molecule has 1 fully saturated rings. The highest BCUT2D eigenvalue weighted by atomic mass is 16.5. The van der Waals surface area contributed by atoms with E-state index in [-0.39, 0.29) is 24.1 Å². The lowest BCUT2D eigenvalue weighted by molar-refractivity contribution is -0.141. The number of ether oxygens (including phenoxy) is 1. The number of nitrogens with one attached hydrogen (secondary N) is 2.